The first-order valence-corrected chi connectivity index (χ1v) is 7.74. The number of nitrogens with zero attached hydrogens (tertiary/aromatic N) is 1. The van der Waals surface area contributed by atoms with Crippen molar-refractivity contribution in [1.29, 1.82) is 0 Å². The van der Waals surface area contributed by atoms with Gasteiger partial charge in [0.1, 0.15) is 0 Å². The van der Waals surface area contributed by atoms with E-state index in [1.54, 1.807) is 11.3 Å². The Morgan fingerprint density at radius 3 is 2.58 bits per heavy atom. The maximum atomic E-state index is 12.3. The van der Waals surface area contributed by atoms with Crippen LogP contribution >= 0.6 is 23.6 Å². The predicted octanol–water partition coefficient (Wildman–Crippen LogP) is 2.20. The molecule has 19 heavy (non-hydrogen) atoms. The van der Waals surface area contributed by atoms with Gasteiger partial charge < -0.3 is 11.1 Å². The summed E-state index contributed by atoms with van der Waals surface area (Å²) in [6.07, 6.45) is 1.98. The van der Waals surface area contributed by atoms with Crippen LogP contribution in [0.1, 0.15) is 37.4 Å². The van der Waals surface area contributed by atoms with Crippen LogP contribution in [0.4, 0.5) is 0 Å². The molecule has 106 valence electrons. The minimum atomic E-state index is -0.715. The number of carbonyl (C=O) groups is 1. The number of aryl methyl sites for hydroxylation is 1. The maximum Gasteiger partial charge on any atom is 0.233 e. The summed E-state index contributed by atoms with van der Waals surface area (Å²) in [4.78, 5) is 16.9. The summed E-state index contributed by atoms with van der Waals surface area (Å²) in [6, 6.07) is 0. The molecule has 1 heterocycles. The minimum Gasteiger partial charge on any atom is -0.392 e. The molecule has 3 N–H and O–H groups in total. The Balaban J connectivity index is 2.56. The third-order valence-electron chi connectivity index (χ3n) is 3.45. The molecule has 1 amide bonds. The number of nitrogens with two attached hydrogens (primary N) is 1. The Morgan fingerprint density at radius 1 is 1.53 bits per heavy atom. The van der Waals surface area contributed by atoms with Gasteiger partial charge in [-0.15, -0.1) is 11.3 Å². The van der Waals surface area contributed by atoms with Crippen LogP contribution in [0.5, 0.6) is 0 Å². The highest BCUT2D eigenvalue weighted by Gasteiger charge is 2.37. The van der Waals surface area contributed by atoms with Gasteiger partial charge in [0.15, 0.2) is 0 Å². The molecule has 1 aromatic rings. The first-order valence-electron chi connectivity index (χ1n) is 6.45. The van der Waals surface area contributed by atoms with E-state index in [0.29, 0.717) is 19.4 Å². The normalized spacial score (nSPS) is 11.3. The van der Waals surface area contributed by atoms with Gasteiger partial charge in [0.2, 0.25) is 5.91 Å². The summed E-state index contributed by atoms with van der Waals surface area (Å²) >= 11 is 6.68. The zero-order chi connectivity index (χ0) is 14.5. The van der Waals surface area contributed by atoms with Gasteiger partial charge in [0, 0.05) is 18.3 Å². The van der Waals surface area contributed by atoms with E-state index in [1.165, 1.54) is 0 Å². The molecule has 0 aliphatic carbocycles. The third kappa shape index (κ3) is 3.73. The van der Waals surface area contributed by atoms with Gasteiger partial charge in [-0.3, -0.25) is 4.79 Å². The third-order valence-corrected chi connectivity index (χ3v) is 4.66. The molecular weight excluding hydrogens is 278 g/mol. The van der Waals surface area contributed by atoms with Crippen LogP contribution in [0, 0.1) is 12.3 Å². The van der Waals surface area contributed by atoms with Crippen molar-refractivity contribution < 1.29 is 4.79 Å². The van der Waals surface area contributed by atoms with Gasteiger partial charge in [0.05, 0.1) is 21.1 Å². The Labute approximate surface area is 123 Å². The van der Waals surface area contributed by atoms with E-state index in [4.69, 9.17) is 18.0 Å². The molecule has 0 saturated heterocycles. The molecule has 0 fully saturated rings. The molecule has 0 aliphatic rings. The lowest BCUT2D eigenvalue weighted by atomic mass is 9.81. The van der Waals surface area contributed by atoms with E-state index in [0.717, 1.165) is 17.1 Å². The van der Waals surface area contributed by atoms with Crippen molar-refractivity contribution in [2.75, 3.05) is 6.54 Å². The summed E-state index contributed by atoms with van der Waals surface area (Å²) in [5.74, 6) is -0.0723. The van der Waals surface area contributed by atoms with Crippen LogP contribution in [-0.4, -0.2) is 22.4 Å². The van der Waals surface area contributed by atoms with E-state index in [1.807, 2.05) is 26.2 Å². The van der Waals surface area contributed by atoms with Crippen molar-refractivity contribution in [3.8, 4) is 0 Å². The number of amides is 1. The average molecular weight is 299 g/mol. The van der Waals surface area contributed by atoms with Crippen molar-refractivity contribution in [3.63, 3.8) is 0 Å². The molecule has 1 aromatic heterocycles. The zero-order valence-corrected chi connectivity index (χ0v) is 13.3. The van der Waals surface area contributed by atoms with E-state index in [9.17, 15) is 4.79 Å². The molecule has 0 aromatic carbocycles. The number of aromatic nitrogens is 1. The lowest BCUT2D eigenvalue weighted by molar-refractivity contribution is -0.127. The topological polar surface area (TPSA) is 68.0 Å². The summed E-state index contributed by atoms with van der Waals surface area (Å²) in [7, 11) is 0. The molecule has 0 radical (unpaired) electrons. The Bertz CT molecular complexity index is 452. The molecule has 0 unspecified atom stereocenters. The van der Waals surface area contributed by atoms with Crippen LogP contribution in [0.15, 0.2) is 5.38 Å². The molecule has 4 nitrogen and oxygen atoms in total. The van der Waals surface area contributed by atoms with Crippen LogP contribution in [0.2, 0.25) is 0 Å². The fourth-order valence-corrected chi connectivity index (χ4v) is 3.06. The fourth-order valence-electron chi connectivity index (χ4n) is 2.03. The highest BCUT2D eigenvalue weighted by Crippen LogP contribution is 2.27. The summed E-state index contributed by atoms with van der Waals surface area (Å²) in [5.41, 5.74) is 6.04. The second-order valence-electron chi connectivity index (χ2n) is 4.52. The first-order chi connectivity index (χ1) is 8.96. The molecule has 0 bridgehead atoms. The minimum absolute atomic E-state index is 0.0723. The summed E-state index contributed by atoms with van der Waals surface area (Å²) in [5, 5.41) is 5.98. The second kappa shape index (κ2) is 6.96. The van der Waals surface area contributed by atoms with E-state index >= 15 is 0 Å². The lowest BCUT2D eigenvalue weighted by Crippen LogP contribution is -2.48. The van der Waals surface area contributed by atoms with Crippen LogP contribution in [0.25, 0.3) is 0 Å². The van der Waals surface area contributed by atoms with Crippen molar-refractivity contribution >= 4 is 34.5 Å². The number of thiazole rings is 1. The van der Waals surface area contributed by atoms with Crippen LogP contribution in [0.3, 0.4) is 0 Å². The quantitative estimate of drug-likeness (QED) is 0.757. The number of carbonyl (C=O) groups excluding carboxylic acids is 1. The zero-order valence-electron chi connectivity index (χ0n) is 11.7. The number of hydrogen-bond donors (Lipinski definition) is 2. The van der Waals surface area contributed by atoms with Crippen LogP contribution in [-0.2, 0) is 11.2 Å². The smallest absolute Gasteiger partial charge is 0.233 e. The highest BCUT2D eigenvalue weighted by atomic mass is 32.1. The van der Waals surface area contributed by atoms with E-state index < -0.39 is 5.41 Å². The van der Waals surface area contributed by atoms with Gasteiger partial charge in [0.25, 0.3) is 0 Å². The first kappa shape index (κ1) is 16.0. The monoisotopic (exact) mass is 299 g/mol. The molecule has 0 saturated carbocycles. The largest absolute Gasteiger partial charge is 0.392 e. The summed E-state index contributed by atoms with van der Waals surface area (Å²) < 4.78 is 0. The van der Waals surface area contributed by atoms with Crippen molar-refractivity contribution in [2.24, 2.45) is 11.1 Å². The van der Waals surface area contributed by atoms with Gasteiger partial charge in [-0.1, -0.05) is 26.1 Å². The van der Waals surface area contributed by atoms with E-state index in [2.05, 4.69) is 10.3 Å². The van der Waals surface area contributed by atoms with Gasteiger partial charge >= 0.3 is 0 Å². The number of nitrogens with one attached hydrogen (secondary N) is 1. The van der Waals surface area contributed by atoms with Crippen LogP contribution < -0.4 is 11.1 Å². The second-order valence-corrected chi connectivity index (χ2v) is 6.02. The van der Waals surface area contributed by atoms with Crippen molar-refractivity contribution in [2.45, 2.75) is 40.0 Å². The Kier molecular flexibility index (Phi) is 5.87. The molecule has 0 aliphatic heterocycles. The summed E-state index contributed by atoms with van der Waals surface area (Å²) in [6.45, 7) is 6.41. The predicted molar refractivity (Wildman–Crippen MR) is 83.4 cm³/mol. The Morgan fingerprint density at radius 2 is 2.16 bits per heavy atom. The van der Waals surface area contributed by atoms with Gasteiger partial charge in [-0.05, 0) is 19.8 Å². The standard InChI is InChI=1S/C13H21N3OS2/c1-4-13(5-2,11(14)18)12(17)15-7-6-10-8-19-9(3)16-10/h8H,4-7H2,1-3H3,(H2,14,18)(H,15,17). The lowest BCUT2D eigenvalue weighted by Gasteiger charge is -2.28. The van der Waals surface area contributed by atoms with Gasteiger partial charge in [-0.25, -0.2) is 4.98 Å². The molecule has 0 spiro atoms. The molecule has 0 atom stereocenters. The highest BCUT2D eigenvalue weighted by molar-refractivity contribution is 7.80. The molecule has 1 rings (SSSR count). The number of thiocarbonyl (C=S) groups is 1. The molecular formula is C13H21N3OS2. The Hall–Kier alpha value is -1.01. The van der Waals surface area contributed by atoms with Crippen molar-refractivity contribution in [1.82, 2.24) is 10.3 Å². The SMILES string of the molecule is CCC(CC)(C(=O)NCCc1csc(C)n1)C(N)=S. The fraction of sp³-hybridized carbons (Fsp3) is 0.615. The van der Waals surface area contributed by atoms with Crippen molar-refractivity contribution in [3.05, 3.63) is 16.1 Å². The molecule has 6 heteroatoms. The maximum absolute atomic E-state index is 12.3. The number of hydrogen-bond acceptors (Lipinski definition) is 4. The number of rotatable bonds is 7. The average Bonchev–Trinajstić information content (AvgIpc) is 2.77. The van der Waals surface area contributed by atoms with E-state index in [-0.39, 0.29) is 10.9 Å². The van der Waals surface area contributed by atoms with Gasteiger partial charge in [-0.2, -0.15) is 0 Å².